The van der Waals surface area contributed by atoms with E-state index in [0.717, 1.165) is 11.1 Å². The first-order valence-electron chi connectivity index (χ1n) is 5.93. The number of hydrogen-bond donors (Lipinski definition) is 2. The molecule has 8 nitrogen and oxygen atoms in total. The van der Waals surface area contributed by atoms with Crippen LogP contribution in [0.1, 0.15) is 11.1 Å². The molecule has 0 saturated carbocycles. The molecule has 8 heteroatoms. The van der Waals surface area contributed by atoms with Crippen molar-refractivity contribution in [3.63, 3.8) is 0 Å². The van der Waals surface area contributed by atoms with Crippen LogP contribution in [0.25, 0.3) is 0 Å². The van der Waals surface area contributed by atoms with Gasteiger partial charge in [0.15, 0.2) is 11.8 Å². The van der Waals surface area contributed by atoms with Crippen LogP contribution >= 0.6 is 0 Å². The maximum absolute atomic E-state index is 11.1. The third-order valence-corrected chi connectivity index (χ3v) is 2.48. The van der Waals surface area contributed by atoms with Crippen molar-refractivity contribution in [2.45, 2.75) is 13.8 Å². The van der Waals surface area contributed by atoms with Crippen molar-refractivity contribution in [2.75, 3.05) is 13.2 Å². The van der Waals surface area contributed by atoms with Gasteiger partial charge < -0.3 is 9.47 Å². The summed E-state index contributed by atoms with van der Waals surface area (Å²) in [5.74, 6) is 0.710. The summed E-state index contributed by atoms with van der Waals surface area (Å²) in [5, 5.41) is 0. The zero-order chi connectivity index (χ0) is 14.5. The van der Waals surface area contributed by atoms with E-state index in [9.17, 15) is 9.59 Å². The van der Waals surface area contributed by atoms with Crippen LogP contribution in [0.15, 0.2) is 22.0 Å². The average molecular weight is 278 g/mol. The van der Waals surface area contributed by atoms with E-state index in [1.165, 1.54) is 12.4 Å². The van der Waals surface area contributed by atoms with Crippen LogP contribution < -0.4 is 20.9 Å². The molecule has 106 valence electrons. The predicted molar refractivity (Wildman–Crippen MR) is 70.2 cm³/mol. The Balaban J connectivity index is 1.90. The van der Waals surface area contributed by atoms with Crippen molar-refractivity contribution < 1.29 is 9.47 Å². The van der Waals surface area contributed by atoms with E-state index < -0.39 is 11.4 Å². The van der Waals surface area contributed by atoms with Crippen molar-refractivity contribution in [3.05, 3.63) is 44.5 Å². The number of aromatic nitrogens is 4. The zero-order valence-electron chi connectivity index (χ0n) is 11.1. The number of aromatic amines is 2. The Labute approximate surface area is 113 Å². The molecule has 0 radical (unpaired) electrons. The Bertz CT molecular complexity index is 646. The van der Waals surface area contributed by atoms with Crippen LogP contribution in [-0.4, -0.2) is 33.1 Å². The smallest absolute Gasteiger partial charge is 0.347 e. The maximum atomic E-state index is 11.1. The van der Waals surface area contributed by atoms with Gasteiger partial charge in [-0.2, -0.15) is 0 Å². The summed E-state index contributed by atoms with van der Waals surface area (Å²) in [6.45, 7) is 3.96. The molecular weight excluding hydrogens is 264 g/mol. The highest BCUT2D eigenvalue weighted by molar-refractivity contribution is 5.20. The van der Waals surface area contributed by atoms with Gasteiger partial charge in [-0.15, -0.1) is 0 Å². The monoisotopic (exact) mass is 278 g/mol. The van der Waals surface area contributed by atoms with Crippen LogP contribution in [-0.2, 0) is 0 Å². The average Bonchev–Trinajstić information content (AvgIpc) is 2.42. The maximum Gasteiger partial charge on any atom is 0.347 e. The summed E-state index contributed by atoms with van der Waals surface area (Å²) in [7, 11) is 0. The Morgan fingerprint density at radius 2 is 1.30 bits per heavy atom. The van der Waals surface area contributed by atoms with Crippen LogP contribution in [0.5, 0.6) is 11.8 Å². The van der Waals surface area contributed by atoms with E-state index in [1.807, 2.05) is 0 Å². The van der Waals surface area contributed by atoms with Crippen LogP contribution in [0.2, 0.25) is 0 Å². The first kappa shape index (κ1) is 13.8. The zero-order valence-corrected chi connectivity index (χ0v) is 11.1. The first-order chi connectivity index (χ1) is 9.56. The van der Waals surface area contributed by atoms with E-state index in [1.54, 1.807) is 13.8 Å². The molecule has 0 aliphatic carbocycles. The van der Waals surface area contributed by atoms with Crippen molar-refractivity contribution in [2.24, 2.45) is 0 Å². The lowest BCUT2D eigenvalue weighted by Gasteiger charge is -2.10. The summed E-state index contributed by atoms with van der Waals surface area (Å²) in [4.78, 5) is 34.2. The minimum atomic E-state index is -0.471. The highest BCUT2D eigenvalue weighted by atomic mass is 16.5. The van der Waals surface area contributed by atoms with Gasteiger partial charge in [0, 0.05) is 23.5 Å². The molecule has 0 aliphatic rings. The lowest BCUT2D eigenvalue weighted by Crippen LogP contribution is -2.18. The summed E-state index contributed by atoms with van der Waals surface area (Å²) in [6, 6.07) is 0. The Morgan fingerprint density at radius 1 is 0.900 bits per heavy atom. The highest BCUT2D eigenvalue weighted by Gasteiger charge is 2.03. The molecule has 2 heterocycles. The third-order valence-electron chi connectivity index (χ3n) is 2.48. The van der Waals surface area contributed by atoms with Gasteiger partial charge in [-0.3, -0.25) is 9.97 Å². The van der Waals surface area contributed by atoms with Gasteiger partial charge >= 0.3 is 11.4 Å². The minimum absolute atomic E-state index is 0.213. The highest BCUT2D eigenvalue weighted by Crippen LogP contribution is 2.11. The van der Waals surface area contributed by atoms with Gasteiger partial charge in [0.2, 0.25) is 0 Å². The molecule has 2 N–H and O–H groups in total. The van der Waals surface area contributed by atoms with Crippen LogP contribution in [0, 0.1) is 13.8 Å². The number of aryl methyl sites for hydroxylation is 2. The van der Waals surface area contributed by atoms with Crippen LogP contribution in [0.4, 0.5) is 0 Å². The Morgan fingerprint density at radius 3 is 1.70 bits per heavy atom. The van der Waals surface area contributed by atoms with Crippen molar-refractivity contribution in [1.82, 2.24) is 19.9 Å². The Kier molecular flexibility index (Phi) is 4.14. The molecule has 0 aromatic carbocycles. The quantitative estimate of drug-likeness (QED) is 0.741. The number of nitrogens with one attached hydrogen (secondary N) is 2. The molecule has 2 aromatic rings. The molecule has 0 aliphatic heterocycles. The van der Waals surface area contributed by atoms with E-state index in [0.29, 0.717) is 11.8 Å². The lowest BCUT2D eigenvalue weighted by molar-refractivity contribution is 0.204. The fraction of sp³-hybridized carbons (Fsp3) is 0.333. The number of ether oxygens (including phenoxy) is 2. The molecule has 0 bridgehead atoms. The van der Waals surface area contributed by atoms with Gasteiger partial charge in [0.05, 0.1) is 0 Å². The van der Waals surface area contributed by atoms with E-state index in [-0.39, 0.29) is 13.2 Å². The van der Waals surface area contributed by atoms with Gasteiger partial charge in [0.25, 0.3) is 0 Å². The fourth-order valence-electron chi connectivity index (χ4n) is 1.47. The summed E-state index contributed by atoms with van der Waals surface area (Å²) in [5.41, 5.74) is 0.498. The SMILES string of the molecule is Cc1cnc(=O)[nH]c1OCCOc1[nH]c(=O)ncc1C. The molecule has 0 spiro atoms. The molecule has 0 amide bonds. The largest absolute Gasteiger partial charge is 0.475 e. The normalized spacial score (nSPS) is 10.3. The second-order valence-corrected chi connectivity index (χ2v) is 4.10. The predicted octanol–water partition coefficient (Wildman–Crippen LogP) is -0.0722. The molecule has 0 fully saturated rings. The third kappa shape index (κ3) is 3.44. The van der Waals surface area contributed by atoms with Crippen molar-refractivity contribution >= 4 is 0 Å². The van der Waals surface area contributed by atoms with Gasteiger partial charge in [0.1, 0.15) is 13.2 Å². The first-order valence-corrected chi connectivity index (χ1v) is 5.93. The van der Waals surface area contributed by atoms with Crippen molar-refractivity contribution in [1.29, 1.82) is 0 Å². The van der Waals surface area contributed by atoms with E-state index in [4.69, 9.17) is 9.47 Å². The van der Waals surface area contributed by atoms with Crippen molar-refractivity contribution in [3.8, 4) is 11.8 Å². The minimum Gasteiger partial charge on any atom is -0.475 e. The molecule has 20 heavy (non-hydrogen) atoms. The second-order valence-electron chi connectivity index (χ2n) is 4.10. The number of hydrogen-bond acceptors (Lipinski definition) is 6. The topological polar surface area (TPSA) is 110 Å². The number of nitrogens with zero attached hydrogens (tertiary/aromatic N) is 2. The molecule has 0 saturated heterocycles. The molecular formula is C12H14N4O4. The van der Waals surface area contributed by atoms with Gasteiger partial charge in [-0.05, 0) is 13.8 Å². The standard InChI is InChI=1S/C12H14N4O4/c1-7-5-13-11(17)15-9(7)19-3-4-20-10-8(2)6-14-12(18)16-10/h5-6H,3-4H2,1-2H3,(H,13,15,17)(H,14,16,18). The fourth-order valence-corrected chi connectivity index (χ4v) is 1.47. The molecule has 2 aromatic heterocycles. The van der Waals surface area contributed by atoms with Gasteiger partial charge in [-0.1, -0.05) is 0 Å². The molecule has 2 rings (SSSR count). The summed E-state index contributed by atoms with van der Waals surface area (Å²) >= 11 is 0. The lowest BCUT2D eigenvalue weighted by atomic mass is 10.4. The second kappa shape index (κ2) is 6.00. The Hall–Kier alpha value is -2.64. The summed E-state index contributed by atoms with van der Waals surface area (Å²) < 4.78 is 10.8. The molecule has 0 unspecified atom stereocenters. The summed E-state index contributed by atoms with van der Waals surface area (Å²) in [6.07, 6.45) is 2.86. The van der Waals surface area contributed by atoms with E-state index in [2.05, 4.69) is 19.9 Å². The van der Waals surface area contributed by atoms with Gasteiger partial charge in [-0.25, -0.2) is 19.6 Å². The molecule has 0 atom stereocenters. The number of H-pyrrole nitrogens is 2. The number of rotatable bonds is 5. The van der Waals surface area contributed by atoms with E-state index >= 15 is 0 Å². The van der Waals surface area contributed by atoms with Crippen LogP contribution in [0.3, 0.4) is 0 Å².